The van der Waals surface area contributed by atoms with Crippen LogP contribution in [-0.2, 0) is 11.2 Å². The van der Waals surface area contributed by atoms with Crippen molar-refractivity contribution >= 4 is 17.6 Å². The Kier molecular flexibility index (Phi) is 3.32. The molecule has 0 aromatic heterocycles. The van der Waals surface area contributed by atoms with Gasteiger partial charge in [-0.05, 0) is 24.1 Å². The molecule has 0 aliphatic rings. The van der Waals surface area contributed by atoms with Gasteiger partial charge in [-0.1, -0.05) is 30.7 Å². The number of benzene rings is 1. The zero-order valence-electron chi connectivity index (χ0n) is 7.33. The van der Waals surface area contributed by atoms with Crippen LogP contribution in [0.2, 0.25) is 5.02 Å². The van der Waals surface area contributed by atoms with Gasteiger partial charge in [-0.2, -0.15) is 0 Å². The fourth-order valence-corrected chi connectivity index (χ4v) is 1.32. The van der Waals surface area contributed by atoms with Crippen molar-refractivity contribution in [2.75, 3.05) is 0 Å². The highest BCUT2D eigenvalue weighted by molar-refractivity contribution is 6.30. The molecule has 0 saturated heterocycles. The molecular weight excluding hydrogens is 188 g/mol. The van der Waals surface area contributed by atoms with Gasteiger partial charge >= 0.3 is 5.97 Å². The van der Waals surface area contributed by atoms with Gasteiger partial charge in [-0.25, -0.2) is 0 Å². The van der Waals surface area contributed by atoms with Crippen LogP contribution in [0.4, 0.5) is 0 Å². The molecule has 1 rings (SSSR count). The second kappa shape index (κ2) is 4.28. The van der Waals surface area contributed by atoms with E-state index in [1.165, 1.54) is 0 Å². The van der Waals surface area contributed by atoms with E-state index >= 15 is 0 Å². The fraction of sp³-hybridized carbons (Fsp3) is 0.300. The minimum absolute atomic E-state index is 0.363. The first-order chi connectivity index (χ1) is 6.09. The van der Waals surface area contributed by atoms with Crippen LogP contribution in [0.5, 0.6) is 0 Å². The van der Waals surface area contributed by atoms with Crippen LogP contribution in [0, 0.1) is 5.92 Å². The maximum Gasteiger partial charge on any atom is 0.306 e. The third-order valence-corrected chi connectivity index (χ3v) is 2.09. The molecule has 3 heteroatoms. The summed E-state index contributed by atoms with van der Waals surface area (Å²) in [6.07, 6.45) is 0.524. The van der Waals surface area contributed by atoms with Crippen LogP contribution in [0.15, 0.2) is 24.3 Å². The minimum Gasteiger partial charge on any atom is -0.481 e. The van der Waals surface area contributed by atoms with Crippen LogP contribution in [0.3, 0.4) is 0 Å². The van der Waals surface area contributed by atoms with Gasteiger partial charge in [0, 0.05) is 5.02 Å². The van der Waals surface area contributed by atoms with Gasteiger partial charge in [0.2, 0.25) is 0 Å². The summed E-state index contributed by atoms with van der Waals surface area (Å²) < 4.78 is 0. The van der Waals surface area contributed by atoms with Crippen LogP contribution < -0.4 is 0 Å². The van der Waals surface area contributed by atoms with E-state index in [1.807, 2.05) is 12.1 Å². The molecule has 70 valence electrons. The zero-order valence-corrected chi connectivity index (χ0v) is 8.08. The summed E-state index contributed by atoms with van der Waals surface area (Å²) in [5.41, 5.74) is 0.961. The van der Waals surface area contributed by atoms with Crippen LogP contribution >= 0.6 is 11.6 Å². The predicted octanol–water partition coefficient (Wildman–Crippen LogP) is 2.60. The highest BCUT2D eigenvalue weighted by atomic mass is 35.5. The maximum absolute atomic E-state index is 10.6. The normalized spacial score (nSPS) is 12.5. The Morgan fingerprint density at radius 1 is 1.62 bits per heavy atom. The highest BCUT2D eigenvalue weighted by Gasteiger charge is 2.11. The Bertz CT molecular complexity index is 310. The van der Waals surface area contributed by atoms with Gasteiger partial charge in [0.25, 0.3) is 0 Å². The summed E-state index contributed by atoms with van der Waals surface area (Å²) in [4.78, 5) is 10.6. The molecule has 0 amide bonds. The molecule has 0 bridgehead atoms. The van der Waals surface area contributed by atoms with Crippen LogP contribution in [-0.4, -0.2) is 11.1 Å². The van der Waals surface area contributed by atoms with Crippen molar-refractivity contribution in [3.8, 4) is 0 Å². The summed E-state index contributed by atoms with van der Waals surface area (Å²) in [7, 11) is 0. The molecule has 0 fully saturated rings. The molecule has 0 radical (unpaired) electrons. The molecule has 0 aliphatic heterocycles. The topological polar surface area (TPSA) is 37.3 Å². The molecule has 13 heavy (non-hydrogen) atoms. The van der Waals surface area contributed by atoms with Crippen LogP contribution in [0.25, 0.3) is 0 Å². The van der Waals surface area contributed by atoms with Gasteiger partial charge in [0.15, 0.2) is 0 Å². The first kappa shape index (κ1) is 10.1. The van der Waals surface area contributed by atoms with E-state index in [2.05, 4.69) is 0 Å². The number of carbonyl (C=O) groups is 1. The smallest absolute Gasteiger partial charge is 0.306 e. The Hall–Kier alpha value is -1.02. The van der Waals surface area contributed by atoms with Crippen molar-refractivity contribution in [2.45, 2.75) is 13.3 Å². The van der Waals surface area contributed by atoms with E-state index < -0.39 is 5.97 Å². The zero-order chi connectivity index (χ0) is 9.84. The molecule has 0 aliphatic carbocycles. The van der Waals surface area contributed by atoms with Gasteiger partial charge in [-0.15, -0.1) is 0 Å². The van der Waals surface area contributed by atoms with Gasteiger partial charge in [-0.3, -0.25) is 4.79 Å². The number of aliphatic carboxylic acids is 1. The average Bonchev–Trinajstić information content (AvgIpc) is 2.04. The molecule has 0 saturated carbocycles. The second-order valence-electron chi connectivity index (χ2n) is 3.07. The summed E-state index contributed by atoms with van der Waals surface area (Å²) in [6, 6.07) is 7.27. The Morgan fingerprint density at radius 2 is 2.31 bits per heavy atom. The molecule has 0 unspecified atom stereocenters. The second-order valence-corrected chi connectivity index (χ2v) is 3.51. The Balaban J connectivity index is 2.69. The van der Waals surface area contributed by atoms with Crippen molar-refractivity contribution in [1.29, 1.82) is 0 Å². The number of hydrogen-bond acceptors (Lipinski definition) is 1. The van der Waals surface area contributed by atoms with Gasteiger partial charge < -0.3 is 5.11 Å². The number of carboxylic acid groups (broad SMARTS) is 1. The molecule has 2 nitrogen and oxygen atoms in total. The first-order valence-corrected chi connectivity index (χ1v) is 4.44. The Labute approximate surface area is 82.2 Å². The SMILES string of the molecule is C[C@@H](Cc1cccc(Cl)c1)C(=O)O. The maximum atomic E-state index is 10.6. The van der Waals surface area contributed by atoms with Crippen molar-refractivity contribution in [2.24, 2.45) is 5.92 Å². The molecule has 1 aromatic rings. The van der Waals surface area contributed by atoms with Crippen LogP contribution in [0.1, 0.15) is 12.5 Å². The Morgan fingerprint density at radius 3 is 2.85 bits per heavy atom. The highest BCUT2D eigenvalue weighted by Crippen LogP contribution is 2.14. The number of rotatable bonds is 3. The standard InChI is InChI=1S/C10H11ClO2/c1-7(10(12)13)5-8-3-2-4-9(11)6-8/h2-4,6-7H,5H2,1H3,(H,12,13)/t7-/m0/s1. The van der Waals surface area contributed by atoms with Gasteiger partial charge in [0.05, 0.1) is 5.92 Å². The van der Waals surface area contributed by atoms with E-state index in [4.69, 9.17) is 16.7 Å². The summed E-state index contributed by atoms with van der Waals surface area (Å²) in [5.74, 6) is -1.14. The quantitative estimate of drug-likeness (QED) is 0.811. The predicted molar refractivity (Wildman–Crippen MR) is 52.0 cm³/mol. The van der Waals surface area contributed by atoms with Crippen molar-refractivity contribution in [1.82, 2.24) is 0 Å². The lowest BCUT2D eigenvalue weighted by atomic mass is 10.0. The lowest BCUT2D eigenvalue weighted by molar-refractivity contribution is -0.141. The molecular formula is C10H11ClO2. The van der Waals surface area contributed by atoms with Crippen molar-refractivity contribution < 1.29 is 9.90 Å². The lowest BCUT2D eigenvalue weighted by Crippen LogP contribution is -2.12. The van der Waals surface area contributed by atoms with Crippen molar-refractivity contribution in [3.63, 3.8) is 0 Å². The number of carboxylic acids is 1. The molecule has 0 heterocycles. The fourth-order valence-electron chi connectivity index (χ4n) is 1.10. The minimum atomic E-state index is -0.778. The molecule has 1 N–H and O–H groups in total. The summed E-state index contributed by atoms with van der Waals surface area (Å²) in [6.45, 7) is 1.68. The number of halogens is 1. The molecule has 1 atom stereocenters. The van der Waals surface area contributed by atoms with E-state index in [0.717, 1.165) is 5.56 Å². The largest absolute Gasteiger partial charge is 0.481 e. The van der Waals surface area contributed by atoms with E-state index in [0.29, 0.717) is 11.4 Å². The first-order valence-electron chi connectivity index (χ1n) is 4.07. The number of hydrogen-bond donors (Lipinski definition) is 1. The van der Waals surface area contributed by atoms with E-state index in [9.17, 15) is 4.79 Å². The van der Waals surface area contributed by atoms with Gasteiger partial charge in [0.1, 0.15) is 0 Å². The van der Waals surface area contributed by atoms with E-state index in [1.54, 1.807) is 19.1 Å². The third kappa shape index (κ3) is 3.07. The molecule has 0 spiro atoms. The summed E-state index contributed by atoms with van der Waals surface area (Å²) >= 11 is 5.76. The summed E-state index contributed by atoms with van der Waals surface area (Å²) in [5, 5.41) is 9.33. The average molecular weight is 199 g/mol. The van der Waals surface area contributed by atoms with E-state index in [-0.39, 0.29) is 5.92 Å². The monoisotopic (exact) mass is 198 g/mol. The van der Waals surface area contributed by atoms with Crippen molar-refractivity contribution in [3.05, 3.63) is 34.9 Å². The molecule has 1 aromatic carbocycles. The third-order valence-electron chi connectivity index (χ3n) is 1.85. The lowest BCUT2D eigenvalue weighted by Gasteiger charge is -2.05.